The van der Waals surface area contributed by atoms with E-state index in [2.05, 4.69) is 58.0 Å². The van der Waals surface area contributed by atoms with Crippen LogP contribution in [0.1, 0.15) is 38.8 Å². The second-order valence-electron chi connectivity index (χ2n) is 5.83. The highest BCUT2D eigenvalue weighted by Crippen LogP contribution is 2.45. The van der Waals surface area contributed by atoms with Gasteiger partial charge in [-0.2, -0.15) is 0 Å². The van der Waals surface area contributed by atoms with Crippen LogP contribution in [0, 0.1) is 5.41 Å². The second kappa shape index (κ2) is 3.46. The molecule has 0 atom stereocenters. The Labute approximate surface area is 98.4 Å². The Bertz CT molecular complexity index is 433. The van der Waals surface area contributed by atoms with Crippen molar-refractivity contribution in [3.05, 3.63) is 41.5 Å². The highest BCUT2D eigenvalue weighted by Gasteiger charge is 2.39. The minimum absolute atomic E-state index is 0.000394. The lowest BCUT2D eigenvalue weighted by Crippen LogP contribution is -2.47. The first kappa shape index (κ1) is 11.4. The molecule has 1 aromatic rings. The topological polar surface area (TPSA) is 26.0 Å². The molecule has 2 N–H and O–H groups in total. The van der Waals surface area contributed by atoms with Crippen molar-refractivity contribution in [2.75, 3.05) is 0 Å². The number of fused-ring (bicyclic) bond motifs is 1. The molecule has 0 amide bonds. The van der Waals surface area contributed by atoms with E-state index in [1.807, 2.05) is 0 Å². The Hall–Kier alpha value is -1.08. The van der Waals surface area contributed by atoms with Gasteiger partial charge in [-0.15, -0.1) is 0 Å². The van der Waals surface area contributed by atoms with Crippen molar-refractivity contribution < 1.29 is 0 Å². The molecule has 16 heavy (non-hydrogen) atoms. The van der Waals surface area contributed by atoms with Crippen LogP contribution < -0.4 is 5.73 Å². The average Bonchev–Trinajstić information content (AvgIpc) is 2.59. The molecule has 86 valence electrons. The minimum atomic E-state index is -0.212. The Morgan fingerprint density at radius 3 is 2.31 bits per heavy atom. The van der Waals surface area contributed by atoms with E-state index in [9.17, 15) is 0 Å². The maximum atomic E-state index is 6.31. The first-order chi connectivity index (χ1) is 7.34. The summed E-state index contributed by atoms with van der Waals surface area (Å²) in [5.74, 6) is 0. The van der Waals surface area contributed by atoms with Crippen molar-refractivity contribution in [2.45, 2.75) is 39.7 Å². The van der Waals surface area contributed by atoms with E-state index >= 15 is 0 Å². The molecular weight excluding hydrogens is 194 g/mol. The Morgan fingerprint density at radius 1 is 1.06 bits per heavy atom. The van der Waals surface area contributed by atoms with Crippen molar-refractivity contribution in [2.24, 2.45) is 11.1 Å². The van der Waals surface area contributed by atoms with Gasteiger partial charge in [0, 0.05) is 11.0 Å². The molecule has 0 bridgehead atoms. The maximum absolute atomic E-state index is 6.31. The molecule has 0 spiro atoms. The fourth-order valence-corrected chi connectivity index (χ4v) is 2.22. The summed E-state index contributed by atoms with van der Waals surface area (Å²) in [6.07, 6.45) is 3.38. The summed E-state index contributed by atoms with van der Waals surface area (Å²) >= 11 is 0. The van der Waals surface area contributed by atoms with E-state index in [-0.39, 0.29) is 11.0 Å². The predicted molar refractivity (Wildman–Crippen MR) is 70.2 cm³/mol. The standard InChI is InChI=1S/C15H21N/c1-14(2,15(3,4)16)13-10-9-11-7-5-6-8-12(11)13/h5-8,10H,9,16H2,1-4H3. The molecule has 0 radical (unpaired) electrons. The van der Waals surface area contributed by atoms with Gasteiger partial charge in [0.1, 0.15) is 0 Å². The quantitative estimate of drug-likeness (QED) is 0.804. The molecule has 0 aliphatic heterocycles. The van der Waals surface area contributed by atoms with Gasteiger partial charge in [-0.25, -0.2) is 0 Å². The molecule has 0 saturated carbocycles. The third-order valence-corrected chi connectivity index (χ3v) is 4.12. The lowest BCUT2D eigenvalue weighted by Gasteiger charge is -2.40. The van der Waals surface area contributed by atoms with E-state index in [0.717, 1.165) is 6.42 Å². The molecule has 2 rings (SSSR count). The van der Waals surface area contributed by atoms with E-state index in [0.29, 0.717) is 0 Å². The van der Waals surface area contributed by atoms with Crippen molar-refractivity contribution in [3.8, 4) is 0 Å². The normalized spacial score (nSPS) is 15.9. The summed E-state index contributed by atoms with van der Waals surface area (Å²) in [5, 5.41) is 0. The average molecular weight is 215 g/mol. The Kier molecular flexibility index (Phi) is 2.47. The number of nitrogens with two attached hydrogens (primary N) is 1. The summed E-state index contributed by atoms with van der Waals surface area (Å²) < 4.78 is 0. The van der Waals surface area contributed by atoms with Crippen LogP contribution in [-0.4, -0.2) is 5.54 Å². The highest BCUT2D eigenvalue weighted by atomic mass is 14.8. The largest absolute Gasteiger partial charge is 0.325 e. The Morgan fingerprint density at radius 2 is 1.69 bits per heavy atom. The van der Waals surface area contributed by atoms with Crippen LogP contribution in [0.3, 0.4) is 0 Å². The van der Waals surface area contributed by atoms with E-state index in [4.69, 9.17) is 5.73 Å². The van der Waals surface area contributed by atoms with Crippen LogP contribution in [0.2, 0.25) is 0 Å². The van der Waals surface area contributed by atoms with Gasteiger partial charge >= 0.3 is 0 Å². The summed E-state index contributed by atoms with van der Waals surface area (Å²) in [5.41, 5.74) is 10.3. The van der Waals surface area contributed by atoms with E-state index in [1.165, 1.54) is 16.7 Å². The molecule has 0 heterocycles. The van der Waals surface area contributed by atoms with E-state index in [1.54, 1.807) is 0 Å². The Balaban J connectivity index is 2.46. The van der Waals surface area contributed by atoms with Gasteiger partial charge in [-0.3, -0.25) is 0 Å². The molecular formula is C15H21N. The van der Waals surface area contributed by atoms with Crippen LogP contribution in [0.15, 0.2) is 30.3 Å². The predicted octanol–water partition coefficient (Wildman–Crippen LogP) is 3.39. The van der Waals surface area contributed by atoms with Gasteiger partial charge in [0.05, 0.1) is 0 Å². The number of hydrogen-bond donors (Lipinski definition) is 1. The zero-order valence-electron chi connectivity index (χ0n) is 10.7. The van der Waals surface area contributed by atoms with Gasteiger partial charge in [0.25, 0.3) is 0 Å². The highest BCUT2D eigenvalue weighted by molar-refractivity contribution is 5.77. The van der Waals surface area contributed by atoms with Gasteiger partial charge in [0.15, 0.2) is 0 Å². The molecule has 1 aliphatic rings. The third kappa shape index (κ3) is 1.60. The van der Waals surface area contributed by atoms with Crippen molar-refractivity contribution >= 4 is 5.57 Å². The molecule has 0 saturated heterocycles. The fourth-order valence-electron chi connectivity index (χ4n) is 2.22. The molecule has 0 unspecified atom stereocenters. The first-order valence-corrected chi connectivity index (χ1v) is 5.92. The lowest BCUT2D eigenvalue weighted by atomic mass is 9.68. The lowest BCUT2D eigenvalue weighted by molar-refractivity contribution is 0.285. The maximum Gasteiger partial charge on any atom is 0.0189 e. The van der Waals surface area contributed by atoms with Gasteiger partial charge in [-0.05, 0) is 37.0 Å². The van der Waals surface area contributed by atoms with Crippen LogP contribution in [0.5, 0.6) is 0 Å². The van der Waals surface area contributed by atoms with Crippen molar-refractivity contribution in [1.29, 1.82) is 0 Å². The molecule has 0 aromatic heterocycles. The summed E-state index contributed by atoms with van der Waals surface area (Å²) in [7, 11) is 0. The summed E-state index contributed by atoms with van der Waals surface area (Å²) in [6, 6.07) is 8.63. The second-order valence-corrected chi connectivity index (χ2v) is 5.83. The molecule has 1 aliphatic carbocycles. The van der Waals surface area contributed by atoms with Gasteiger partial charge in [-0.1, -0.05) is 44.2 Å². The minimum Gasteiger partial charge on any atom is -0.325 e. The number of allylic oxidation sites excluding steroid dienone is 1. The zero-order valence-corrected chi connectivity index (χ0v) is 10.7. The van der Waals surface area contributed by atoms with Crippen LogP contribution in [-0.2, 0) is 6.42 Å². The summed E-state index contributed by atoms with van der Waals surface area (Å²) in [6.45, 7) is 8.69. The van der Waals surface area contributed by atoms with Crippen molar-refractivity contribution in [1.82, 2.24) is 0 Å². The third-order valence-electron chi connectivity index (χ3n) is 4.12. The summed E-state index contributed by atoms with van der Waals surface area (Å²) in [4.78, 5) is 0. The van der Waals surface area contributed by atoms with Gasteiger partial charge in [0.2, 0.25) is 0 Å². The van der Waals surface area contributed by atoms with Crippen molar-refractivity contribution in [3.63, 3.8) is 0 Å². The number of rotatable bonds is 2. The SMILES string of the molecule is CC(C)(N)C(C)(C)C1=CCc2ccccc21. The molecule has 1 heteroatoms. The monoisotopic (exact) mass is 215 g/mol. The number of benzene rings is 1. The van der Waals surface area contributed by atoms with Crippen LogP contribution in [0.4, 0.5) is 0 Å². The van der Waals surface area contributed by atoms with E-state index < -0.39 is 0 Å². The zero-order chi connectivity index (χ0) is 12.0. The fraction of sp³-hybridized carbons (Fsp3) is 0.467. The molecule has 1 nitrogen and oxygen atoms in total. The van der Waals surface area contributed by atoms with Crippen LogP contribution >= 0.6 is 0 Å². The first-order valence-electron chi connectivity index (χ1n) is 5.92. The smallest absolute Gasteiger partial charge is 0.0189 e. The molecule has 0 fully saturated rings. The van der Waals surface area contributed by atoms with Gasteiger partial charge < -0.3 is 5.73 Å². The number of hydrogen-bond acceptors (Lipinski definition) is 1. The van der Waals surface area contributed by atoms with Crippen LogP contribution in [0.25, 0.3) is 5.57 Å². The molecule has 1 aromatic carbocycles.